The molecule has 5 nitrogen and oxygen atoms in total. The lowest BCUT2D eigenvalue weighted by molar-refractivity contribution is 0.102. The minimum absolute atomic E-state index is 0.159. The fourth-order valence-corrected chi connectivity index (χ4v) is 2.01. The molecule has 2 heterocycles. The molecule has 0 unspecified atom stereocenters. The summed E-state index contributed by atoms with van der Waals surface area (Å²) in [5.41, 5.74) is 0.716. The molecule has 0 saturated carbocycles. The lowest BCUT2D eigenvalue weighted by Gasteiger charge is -2.11. The van der Waals surface area contributed by atoms with Gasteiger partial charge in [0.15, 0.2) is 0 Å². The molecule has 0 radical (unpaired) electrons. The number of pyridine rings is 2. The van der Waals surface area contributed by atoms with Gasteiger partial charge in [0.05, 0.1) is 21.9 Å². The smallest absolute Gasteiger partial charge is 0.259 e. The molecule has 0 saturated heterocycles. The summed E-state index contributed by atoms with van der Waals surface area (Å²) in [5, 5.41) is 5.71. The van der Waals surface area contributed by atoms with Crippen LogP contribution in [-0.4, -0.2) is 22.4 Å². The van der Waals surface area contributed by atoms with Gasteiger partial charge in [0, 0.05) is 18.9 Å². The van der Waals surface area contributed by atoms with Gasteiger partial charge in [-0.15, -0.1) is 0 Å². The van der Waals surface area contributed by atoms with Crippen molar-refractivity contribution < 1.29 is 9.18 Å². The molecule has 2 aromatic heterocycles. The number of nitrogens with one attached hydrogen (secondary N) is 2. The summed E-state index contributed by atoms with van der Waals surface area (Å²) in [4.78, 5) is 20.1. The zero-order valence-electron chi connectivity index (χ0n) is 11.4. The van der Waals surface area contributed by atoms with Gasteiger partial charge in [-0.3, -0.25) is 9.78 Å². The molecule has 2 N–H and O–H groups in total. The third-order valence-electron chi connectivity index (χ3n) is 2.66. The molecule has 0 bridgehead atoms. The van der Waals surface area contributed by atoms with E-state index in [1.54, 1.807) is 18.5 Å². The maximum absolute atomic E-state index is 13.4. The minimum Gasteiger partial charge on any atom is -0.369 e. The zero-order chi connectivity index (χ0) is 15.2. The number of rotatable bonds is 5. The van der Waals surface area contributed by atoms with Gasteiger partial charge >= 0.3 is 0 Å². The lowest BCUT2D eigenvalue weighted by atomic mass is 10.2. The number of carbonyl (C=O) groups excluding carboxylic acids is 1. The van der Waals surface area contributed by atoms with Crippen LogP contribution in [0.2, 0.25) is 0 Å². The van der Waals surface area contributed by atoms with Crippen LogP contribution in [0.25, 0.3) is 0 Å². The van der Waals surface area contributed by atoms with Gasteiger partial charge in [-0.1, -0.05) is 6.92 Å². The fraction of sp³-hybridized carbons (Fsp3) is 0.214. The van der Waals surface area contributed by atoms with Crippen molar-refractivity contribution in [2.75, 3.05) is 17.2 Å². The van der Waals surface area contributed by atoms with Crippen LogP contribution in [0.1, 0.15) is 23.7 Å². The Morgan fingerprint density at radius 2 is 2.24 bits per heavy atom. The summed E-state index contributed by atoms with van der Waals surface area (Å²) < 4.78 is 14.0. The van der Waals surface area contributed by atoms with Gasteiger partial charge in [0.2, 0.25) is 0 Å². The van der Waals surface area contributed by atoms with Crippen LogP contribution >= 0.6 is 15.9 Å². The predicted octanol–water partition coefficient (Wildman–Crippen LogP) is 3.45. The first-order valence-corrected chi connectivity index (χ1v) is 7.21. The molecule has 0 spiro atoms. The van der Waals surface area contributed by atoms with Crippen molar-refractivity contribution in [1.82, 2.24) is 9.97 Å². The number of hydrogen-bond acceptors (Lipinski definition) is 4. The quantitative estimate of drug-likeness (QED) is 0.864. The molecule has 0 aliphatic heterocycles. The number of carbonyl (C=O) groups is 1. The van der Waals surface area contributed by atoms with Crippen molar-refractivity contribution in [3.8, 4) is 0 Å². The van der Waals surface area contributed by atoms with E-state index >= 15 is 0 Å². The molecule has 21 heavy (non-hydrogen) atoms. The highest BCUT2D eigenvalue weighted by Crippen LogP contribution is 2.22. The molecule has 2 rings (SSSR count). The van der Waals surface area contributed by atoms with E-state index in [9.17, 15) is 9.18 Å². The Balaban J connectivity index is 2.25. The summed E-state index contributed by atoms with van der Waals surface area (Å²) in [6.45, 7) is 2.64. The highest BCUT2D eigenvalue weighted by molar-refractivity contribution is 9.10. The van der Waals surface area contributed by atoms with E-state index in [4.69, 9.17) is 0 Å². The fourth-order valence-electron chi connectivity index (χ4n) is 1.66. The summed E-state index contributed by atoms with van der Waals surface area (Å²) in [7, 11) is 0. The maximum atomic E-state index is 13.4. The van der Waals surface area contributed by atoms with E-state index in [-0.39, 0.29) is 5.56 Å². The third-order valence-corrected chi connectivity index (χ3v) is 3.29. The Morgan fingerprint density at radius 1 is 1.43 bits per heavy atom. The van der Waals surface area contributed by atoms with Crippen molar-refractivity contribution >= 4 is 33.3 Å². The topological polar surface area (TPSA) is 66.9 Å². The van der Waals surface area contributed by atoms with E-state index in [0.717, 1.165) is 18.7 Å². The van der Waals surface area contributed by atoms with Gasteiger partial charge < -0.3 is 10.6 Å². The van der Waals surface area contributed by atoms with Gasteiger partial charge in [-0.25, -0.2) is 9.37 Å². The monoisotopic (exact) mass is 352 g/mol. The van der Waals surface area contributed by atoms with Crippen LogP contribution in [0, 0.1) is 5.82 Å². The van der Waals surface area contributed by atoms with Crippen LogP contribution in [0.15, 0.2) is 35.2 Å². The first-order chi connectivity index (χ1) is 10.1. The van der Waals surface area contributed by atoms with Gasteiger partial charge in [0.1, 0.15) is 11.6 Å². The Morgan fingerprint density at radius 3 is 2.95 bits per heavy atom. The number of nitrogens with zero attached hydrogens (tertiary/aromatic N) is 2. The van der Waals surface area contributed by atoms with Gasteiger partial charge in [-0.05, 0) is 34.5 Å². The second-order valence-electron chi connectivity index (χ2n) is 4.29. The molecule has 0 aromatic carbocycles. The number of anilines is 2. The van der Waals surface area contributed by atoms with Gasteiger partial charge in [-0.2, -0.15) is 0 Å². The number of hydrogen-bond donors (Lipinski definition) is 2. The Hall–Kier alpha value is -2.02. The van der Waals surface area contributed by atoms with Crippen molar-refractivity contribution in [1.29, 1.82) is 0 Å². The Bertz CT molecular complexity index is 651. The highest BCUT2D eigenvalue weighted by atomic mass is 79.9. The average Bonchev–Trinajstić information content (AvgIpc) is 2.48. The number of halogens is 2. The average molecular weight is 353 g/mol. The van der Waals surface area contributed by atoms with E-state index in [2.05, 4.69) is 36.5 Å². The summed E-state index contributed by atoms with van der Waals surface area (Å²) >= 11 is 3.29. The lowest BCUT2D eigenvalue weighted by Crippen LogP contribution is -2.17. The van der Waals surface area contributed by atoms with Crippen molar-refractivity contribution in [3.05, 3.63) is 46.6 Å². The first kappa shape index (κ1) is 15.4. The van der Waals surface area contributed by atoms with Crippen LogP contribution in [0.4, 0.5) is 15.9 Å². The van der Waals surface area contributed by atoms with E-state index < -0.39 is 11.7 Å². The molecular weight excluding hydrogens is 339 g/mol. The Kier molecular flexibility index (Phi) is 5.21. The second kappa shape index (κ2) is 7.12. The normalized spacial score (nSPS) is 10.2. The van der Waals surface area contributed by atoms with Crippen LogP contribution in [0.5, 0.6) is 0 Å². The Labute approximate surface area is 130 Å². The minimum atomic E-state index is -0.559. The zero-order valence-corrected chi connectivity index (χ0v) is 12.9. The first-order valence-electron chi connectivity index (χ1n) is 6.42. The third kappa shape index (κ3) is 3.98. The van der Waals surface area contributed by atoms with Crippen LogP contribution in [-0.2, 0) is 0 Å². The summed E-state index contributed by atoms with van der Waals surface area (Å²) in [5.74, 6) is -0.635. The SMILES string of the molecule is CCCNc1ncc(F)cc1C(=O)Nc1ccncc1Br. The molecular formula is C14H14BrFN4O. The standard InChI is InChI=1S/C14H14BrFN4O/c1-2-4-18-13-10(6-9(16)7-19-13)14(21)20-12-3-5-17-8-11(12)15/h3,5-8H,2,4H2,1H3,(H,18,19)(H,17,20,21). The van der Waals surface area contributed by atoms with E-state index in [1.165, 1.54) is 0 Å². The second-order valence-corrected chi connectivity index (χ2v) is 5.14. The molecule has 110 valence electrons. The molecule has 0 atom stereocenters. The molecule has 0 aliphatic carbocycles. The van der Waals surface area contributed by atoms with Crippen molar-refractivity contribution in [2.45, 2.75) is 13.3 Å². The molecule has 0 fully saturated rings. The molecule has 0 aliphatic rings. The highest BCUT2D eigenvalue weighted by Gasteiger charge is 2.15. The number of amides is 1. The molecule has 2 aromatic rings. The van der Waals surface area contributed by atoms with E-state index in [1.807, 2.05) is 6.92 Å². The largest absolute Gasteiger partial charge is 0.369 e. The summed E-state index contributed by atoms with van der Waals surface area (Å²) in [6.07, 6.45) is 5.07. The van der Waals surface area contributed by atoms with Crippen LogP contribution < -0.4 is 10.6 Å². The summed E-state index contributed by atoms with van der Waals surface area (Å²) in [6, 6.07) is 2.81. The molecule has 1 amide bonds. The number of aromatic nitrogens is 2. The molecule has 7 heteroatoms. The van der Waals surface area contributed by atoms with Gasteiger partial charge in [0.25, 0.3) is 5.91 Å². The maximum Gasteiger partial charge on any atom is 0.259 e. The van der Waals surface area contributed by atoms with E-state index in [0.29, 0.717) is 22.5 Å². The predicted molar refractivity (Wildman–Crippen MR) is 82.9 cm³/mol. The van der Waals surface area contributed by atoms with Crippen molar-refractivity contribution in [3.63, 3.8) is 0 Å². The van der Waals surface area contributed by atoms with Crippen molar-refractivity contribution in [2.24, 2.45) is 0 Å². The van der Waals surface area contributed by atoms with Crippen LogP contribution in [0.3, 0.4) is 0 Å².